The molecule has 2 aromatic carbocycles. The highest BCUT2D eigenvalue weighted by atomic mass is 35.5. The van der Waals surface area contributed by atoms with E-state index in [2.05, 4.69) is 5.32 Å². The van der Waals surface area contributed by atoms with Crippen molar-refractivity contribution in [2.24, 2.45) is 0 Å². The van der Waals surface area contributed by atoms with E-state index >= 15 is 0 Å². The summed E-state index contributed by atoms with van der Waals surface area (Å²) < 4.78 is 0. The molecule has 5 heteroatoms. The van der Waals surface area contributed by atoms with Crippen molar-refractivity contribution >= 4 is 23.4 Å². The van der Waals surface area contributed by atoms with Crippen LogP contribution in [-0.4, -0.2) is 22.8 Å². The Morgan fingerprint density at radius 1 is 1.04 bits per heavy atom. The van der Waals surface area contributed by atoms with Gasteiger partial charge in [0.2, 0.25) is 11.8 Å². The highest BCUT2D eigenvalue weighted by Crippen LogP contribution is 2.13. The first-order valence-corrected chi connectivity index (χ1v) is 8.18. The lowest BCUT2D eigenvalue weighted by atomic mass is 10.1. The highest BCUT2D eigenvalue weighted by Gasteiger charge is 2.23. The zero-order valence-electron chi connectivity index (χ0n) is 13.8. The topological polar surface area (TPSA) is 49.4 Å². The standard InChI is InChI=1S/C19H21ClN2O2/c1-14(19(24)21-12-16-6-4-3-5-7-16)22(15(2)23)13-17-8-10-18(20)11-9-17/h3-11,14H,12-13H2,1-2H3,(H,21,24)/t14-/m0/s1. The second-order valence-electron chi connectivity index (χ2n) is 5.65. The van der Waals surface area contributed by atoms with Crippen LogP contribution in [0.3, 0.4) is 0 Å². The Labute approximate surface area is 147 Å². The van der Waals surface area contributed by atoms with Crippen LogP contribution in [0.4, 0.5) is 0 Å². The van der Waals surface area contributed by atoms with E-state index in [1.807, 2.05) is 42.5 Å². The van der Waals surface area contributed by atoms with E-state index in [-0.39, 0.29) is 11.8 Å². The van der Waals surface area contributed by atoms with Gasteiger partial charge in [0.25, 0.3) is 0 Å². The molecule has 2 rings (SSSR count). The number of benzene rings is 2. The maximum atomic E-state index is 12.4. The molecule has 0 fully saturated rings. The Morgan fingerprint density at radius 2 is 1.67 bits per heavy atom. The van der Waals surface area contributed by atoms with Crippen molar-refractivity contribution in [2.75, 3.05) is 0 Å². The SMILES string of the molecule is CC(=O)N(Cc1ccc(Cl)cc1)[C@@H](C)C(=O)NCc1ccccc1. The molecule has 0 aromatic heterocycles. The molecule has 0 unspecified atom stereocenters. The molecule has 0 spiro atoms. The van der Waals surface area contributed by atoms with Crippen LogP contribution < -0.4 is 5.32 Å². The van der Waals surface area contributed by atoms with Gasteiger partial charge in [-0.3, -0.25) is 9.59 Å². The number of halogens is 1. The fourth-order valence-electron chi connectivity index (χ4n) is 2.38. The number of amides is 2. The number of carbonyl (C=O) groups is 2. The minimum atomic E-state index is -0.554. The van der Waals surface area contributed by atoms with Gasteiger partial charge < -0.3 is 10.2 Å². The molecule has 2 amide bonds. The van der Waals surface area contributed by atoms with E-state index in [4.69, 9.17) is 11.6 Å². The highest BCUT2D eigenvalue weighted by molar-refractivity contribution is 6.30. The third kappa shape index (κ3) is 5.10. The van der Waals surface area contributed by atoms with E-state index in [9.17, 15) is 9.59 Å². The molecule has 0 radical (unpaired) electrons. The number of nitrogens with one attached hydrogen (secondary N) is 1. The summed E-state index contributed by atoms with van der Waals surface area (Å²) in [4.78, 5) is 25.9. The van der Waals surface area contributed by atoms with Gasteiger partial charge in [0.1, 0.15) is 6.04 Å². The molecule has 126 valence electrons. The van der Waals surface area contributed by atoms with Gasteiger partial charge >= 0.3 is 0 Å². The van der Waals surface area contributed by atoms with E-state index < -0.39 is 6.04 Å². The Morgan fingerprint density at radius 3 is 2.25 bits per heavy atom. The van der Waals surface area contributed by atoms with E-state index in [1.54, 1.807) is 24.0 Å². The van der Waals surface area contributed by atoms with Crippen molar-refractivity contribution in [1.82, 2.24) is 10.2 Å². The van der Waals surface area contributed by atoms with Crippen molar-refractivity contribution in [3.63, 3.8) is 0 Å². The molecule has 0 saturated carbocycles. The summed E-state index contributed by atoms with van der Waals surface area (Å²) in [7, 11) is 0. The largest absolute Gasteiger partial charge is 0.350 e. The first kappa shape index (κ1) is 18.0. The average molecular weight is 345 g/mol. The normalized spacial score (nSPS) is 11.6. The summed E-state index contributed by atoms with van der Waals surface area (Å²) in [5, 5.41) is 3.52. The van der Waals surface area contributed by atoms with Crippen molar-refractivity contribution in [3.8, 4) is 0 Å². The zero-order valence-corrected chi connectivity index (χ0v) is 14.6. The minimum absolute atomic E-state index is 0.146. The lowest BCUT2D eigenvalue weighted by molar-refractivity contribution is -0.139. The number of hydrogen-bond donors (Lipinski definition) is 1. The smallest absolute Gasteiger partial charge is 0.242 e. The van der Waals surface area contributed by atoms with Crippen LogP contribution in [0.25, 0.3) is 0 Å². The molecule has 0 heterocycles. The number of nitrogens with zero attached hydrogens (tertiary/aromatic N) is 1. The van der Waals surface area contributed by atoms with Crippen LogP contribution in [0.1, 0.15) is 25.0 Å². The van der Waals surface area contributed by atoms with Crippen molar-refractivity contribution in [3.05, 3.63) is 70.7 Å². The molecule has 4 nitrogen and oxygen atoms in total. The minimum Gasteiger partial charge on any atom is -0.350 e. The summed E-state index contributed by atoms with van der Waals surface area (Å²) in [6.45, 7) is 4.01. The Balaban J connectivity index is 1.99. The average Bonchev–Trinajstić information content (AvgIpc) is 2.59. The second kappa shape index (κ2) is 8.50. The van der Waals surface area contributed by atoms with Gasteiger partial charge in [-0.2, -0.15) is 0 Å². The summed E-state index contributed by atoms with van der Waals surface area (Å²) in [5.74, 6) is -0.324. The molecular weight excluding hydrogens is 324 g/mol. The van der Waals surface area contributed by atoms with Crippen LogP contribution in [0.2, 0.25) is 5.02 Å². The number of rotatable bonds is 6. The zero-order chi connectivity index (χ0) is 17.5. The molecule has 0 bridgehead atoms. The summed E-state index contributed by atoms with van der Waals surface area (Å²) in [6.07, 6.45) is 0. The molecule has 0 aliphatic rings. The monoisotopic (exact) mass is 344 g/mol. The fraction of sp³-hybridized carbons (Fsp3) is 0.263. The van der Waals surface area contributed by atoms with E-state index in [0.29, 0.717) is 18.1 Å². The maximum absolute atomic E-state index is 12.4. The van der Waals surface area contributed by atoms with Crippen molar-refractivity contribution < 1.29 is 9.59 Å². The van der Waals surface area contributed by atoms with Crippen molar-refractivity contribution in [2.45, 2.75) is 33.0 Å². The fourth-order valence-corrected chi connectivity index (χ4v) is 2.51. The maximum Gasteiger partial charge on any atom is 0.242 e. The number of hydrogen-bond acceptors (Lipinski definition) is 2. The molecule has 0 aliphatic heterocycles. The molecule has 1 atom stereocenters. The van der Waals surface area contributed by atoms with Crippen LogP contribution in [0.15, 0.2) is 54.6 Å². The van der Waals surface area contributed by atoms with E-state index in [0.717, 1.165) is 11.1 Å². The van der Waals surface area contributed by atoms with Gasteiger partial charge in [-0.1, -0.05) is 54.1 Å². The molecule has 2 aromatic rings. The predicted molar refractivity (Wildman–Crippen MR) is 95.4 cm³/mol. The van der Waals surface area contributed by atoms with Gasteiger partial charge in [0, 0.05) is 25.0 Å². The Kier molecular flexibility index (Phi) is 6.38. The lowest BCUT2D eigenvalue weighted by Gasteiger charge is -2.27. The van der Waals surface area contributed by atoms with Gasteiger partial charge in [0.05, 0.1) is 0 Å². The van der Waals surface area contributed by atoms with Crippen molar-refractivity contribution in [1.29, 1.82) is 0 Å². The molecule has 0 saturated heterocycles. The van der Waals surface area contributed by atoms with Crippen LogP contribution in [0, 0.1) is 0 Å². The van der Waals surface area contributed by atoms with Crippen LogP contribution in [0.5, 0.6) is 0 Å². The molecule has 1 N–H and O–H groups in total. The van der Waals surface area contributed by atoms with Gasteiger partial charge in [-0.25, -0.2) is 0 Å². The van der Waals surface area contributed by atoms with Gasteiger partial charge in [-0.15, -0.1) is 0 Å². The summed E-state index contributed by atoms with van der Waals surface area (Å²) in [5.41, 5.74) is 1.95. The first-order valence-electron chi connectivity index (χ1n) is 7.80. The molecule has 0 aliphatic carbocycles. The lowest BCUT2D eigenvalue weighted by Crippen LogP contribution is -2.46. The third-order valence-corrected chi connectivity index (χ3v) is 4.08. The number of carbonyl (C=O) groups excluding carboxylic acids is 2. The summed E-state index contributed by atoms with van der Waals surface area (Å²) in [6, 6.07) is 16.4. The third-order valence-electron chi connectivity index (χ3n) is 3.83. The Hall–Kier alpha value is -2.33. The quantitative estimate of drug-likeness (QED) is 0.873. The summed E-state index contributed by atoms with van der Waals surface area (Å²) >= 11 is 5.88. The van der Waals surface area contributed by atoms with E-state index in [1.165, 1.54) is 6.92 Å². The van der Waals surface area contributed by atoms with Gasteiger partial charge in [-0.05, 0) is 30.2 Å². The molecular formula is C19H21ClN2O2. The first-order chi connectivity index (χ1) is 11.5. The van der Waals surface area contributed by atoms with Crippen LogP contribution in [-0.2, 0) is 22.7 Å². The predicted octanol–water partition coefficient (Wildman–Crippen LogP) is 3.39. The van der Waals surface area contributed by atoms with Crippen LogP contribution >= 0.6 is 11.6 Å². The Bertz CT molecular complexity index is 686. The molecule has 24 heavy (non-hydrogen) atoms. The second-order valence-corrected chi connectivity index (χ2v) is 6.09. The van der Waals surface area contributed by atoms with Gasteiger partial charge in [0.15, 0.2) is 0 Å².